The van der Waals surface area contributed by atoms with Gasteiger partial charge in [0.05, 0.1) is 16.6 Å². The van der Waals surface area contributed by atoms with Crippen LogP contribution in [0.15, 0.2) is 30.6 Å². The predicted octanol–water partition coefficient (Wildman–Crippen LogP) is 2.00. The molecule has 4 N–H and O–H groups in total. The summed E-state index contributed by atoms with van der Waals surface area (Å²) < 4.78 is 1.87. The fourth-order valence-corrected chi connectivity index (χ4v) is 2.69. The zero-order valence-corrected chi connectivity index (χ0v) is 13.7. The van der Waals surface area contributed by atoms with Gasteiger partial charge in [-0.3, -0.25) is 0 Å². The maximum absolute atomic E-state index is 6.10. The third-order valence-electron chi connectivity index (χ3n) is 4.09. The van der Waals surface area contributed by atoms with Crippen LogP contribution in [0, 0.1) is 6.92 Å². The third-order valence-corrected chi connectivity index (χ3v) is 4.09. The lowest BCUT2D eigenvalue weighted by Gasteiger charge is -2.23. The smallest absolute Gasteiger partial charge is 0.164 e. The molecule has 23 heavy (non-hydrogen) atoms. The van der Waals surface area contributed by atoms with Crippen molar-refractivity contribution in [1.29, 1.82) is 0 Å². The van der Waals surface area contributed by atoms with Crippen molar-refractivity contribution in [2.24, 2.45) is 5.73 Å². The van der Waals surface area contributed by atoms with Crippen LogP contribution in [0.1, 0.15) is 30.7 Å². The van der Waals surface area contributed by atoms with Crippen molar-refractivity contribution >= 4 is 16.9 Å². The Bertz CT molecular complexity index is 849. The molecule has 0 spiro atoms. The molecule has 120 valence electrons. The topological polar surface area (TPSA) is 95.6 Å². The summed E-state index contributed by atoms with van der Waals surface area (Å²) in [6.45, 7) is 6.61. The summed E-state index contributed by atoms with van der Waals surface area (Å²) in [5.41, 5.74) is 15.7. The summed E-state index contributed by atoms with van der Waals surface area (Å²) in [5.74, 6) is 0.455. The van der Waals surface area contributed by atoms with E-state index in [2.05, 4.69) is 35.1 Å². The first-order chi connectivity index (χ1) is 10.9. The first-order valence-electron chi connectivity index (χ1n) is 7.66. The molecule has 3 aromatic rings. The molecule has 0 aliphatic carbocycles. The predicted molar refractivity (Wildman–Crippen MR) is 92.1 cm³/mol. The van der Waals surface area contributed by atoms with Gasteiger partial charge in [-0.05, 0) is 26.3 Å². The van der Waals surface area contributed by atoms with Crippen LogP contribution in [0.2, 0.25) is 0 Å². The molecule has 0 unspecified atom stereocenters. The number of anilines is 1. The Labute approximate surface area is 135 Å². The molecule has 0 fully saturated rings. The minimum absolute atomic E-state index is 0.343. The van der Waals surface area contributed by atoms with E-state index in [-0.39, 0.29) is 5.54 Å². The number of hydrogen-bond acceptors (Lipinski definition) is 5. The van der Waals surface area contributed by atoms with E-state index in [4.69, 9.17) is 16.6 Å². The molecule has 2 aromatic heterocycles. The molecular formula is C17H22N6. The third kappa shape index (κ3) is 2.77. The highest BCUT2D eigenvalue weighted by atomic mass is 15.4. The number of nitrogens with zero attached hydrogens (tertiary/aromatic N) is 4. The summed E-state index contributed by atoms with van der Waals surface area (Å²) in [4.78, 5) is 8.52. The van der Waals surface area contributed by atoms with Gasteiger partial charge in [0.1, 0.15) is 12.1 Å². The zero-order valence-electron chi connectivity index (χ0n) is 13.7. The molecular weight excluding hydrogens is 288 g/mol. The van der Waals surface area contributed by atoms with E-state index in [0.29, 0.717) is 18.8 Å². The van der Waals surface area contributed by atoms with E-state index in [1.54, 1.807) is 0 Å². The first kappa shape index (κ1) is 15.4. The quantitative estimate of drug-likeness (QED) is 0.768. The molecule has 0 radical (unpaired) electrons. The van der Waals surface area contributed by atoms with Crippen LogP contribution in [0.3, 0.4) is 0 Å². The minimum Gasteiger partial charge on any atom is -0.383 e. The van der Waals surface area contributed by atoms with Crippen LogP contribution in [-0.2, 0) is 12.0 Å². The summed E-state index contributed by atoms with van der Waals surface area (Å²) in [7, 11) is 0. The standard InChI is InChI=1S/C17H22N6/c1-11-5-4-6-12(7-11)8-13-14-15(19)20-10-21-16(14)23(22-13)17(2,3)9-18/h4-7,10H,8-9,18H2,1-3H3,(H2,19,20,21). The number of aromatic nitrogens is 4. The minimum atomic E-state index is -0.343. The SMILES string of the molecule is Cc1cccc(Cc2nn(C(C)(C)CN)c3ncnc(N)c23)c1. The normalized spacial score (nSPS) is 12.0. The van der Waals surface area contributed by atoms with Gasteiger partial charge in [-0.25, -0.2) is 14.6 Å². The molecule has 0 saturated carbocycles. The molecule has 0 atom stereocenters. The lowest BCUT2D eigenvalue weighted by Crippen LogP contribution is -2.36. The number of rotatable bonds is 4. The maximum atomic E-state index is 6.10. The average Bonchev–Trinajstić information content (AvgIpc) is 2.88. The number of aryl methyl sites for hydroxylation is 1. The van der Waals surface area contributed by atoms with Crippen LogP contribution in [0.5, 0.6) is 0 Å². The van der Waals surface area contributed by atoms with Gasteiger partial charge in [0.2, 0.25) is 0 Å². The molecule has 1 aromatic carbocycles. The van der Waals surface area contributed by atoms with Crippen LogP contribution in [0.4, 0.5) is 5.82 Å². The molecule has 0 bridgehead atoms. The van der Waals surface area contributed by atoms with Gasteiger partial charge in [-0.15, -0.1) is 0 Å². The number of benzene rings is 1. The summed E-state index contributed by atoms with van der Waals surface area (Å²) in [6.07, 6.45) is 2.16. The fourth-order valence-electron chi connectivity index (χ4n) is 2.69. The van der Waals surface area contributed by atoms with Gasteiger partial charge in [0, 0.05) is 13.0 Å². The van der Waals surface area contributed by atoms with E-state index in [1.165, 1.54) is 17.5 Å². The Morgan fingerprint density at radius 3 is 2.70 bits per heavy atom. The van der Waals surface area contributed by atoms with Crippen molar-refractivity contribution in [3.05, 3.63) is 47.4 Å². The fraction of sp³-hybridized carbons (Fsp3) is 0.353. The van der Waals surface area contributed by atoms with Gasteiger partial charge in [-0.2, -0.15) is 5.10 Å². The van der Waals surface area contributed by atoms with E-state index >= 15 is 0 Å². The van der Waals surface area contributed by atoms with Crippen LogP contribution in [0.25, 0.3) is 11.0 Å². The Balaban J connectivity index is 2.17. The molecule has 0 saturated heterocycles. The molecule has 6 heteroatoms. The van der Waals surface area contributed by atoms with E-state index in [0.717, 1.165) is 16.7 Å². The van der Waals surface area contributed by atoms with Crippen molar-refractivity contribution < 1.29 is 0 Å². The van der Waals surface area contributed by atoms with Gasteiger partial charge in [0.15, 0.2) is 5.65 Å². The number of hydrogen-bond donors (Lipinski definition) is 2. The zero-order chi connectivity index (χ0) is 16.6. The van der Waals surface area contributed by atoms with Gasteiger partial charge in [-0.1, -0.05) is 29.8 Å². The van der Waals surface area contributed by atoms with Crippen molar-refractivity contribution in [1.82, 2.24) is 19.7 Å². The lowest BCUT2D eigenvalue weighted by molar-refractivity contribution is 0.337. The highest BCUT2D eigenvalue weighted by molar-refractivity contribution is 5.88. The van der Waals surface area contributed by atoms with Crippen molar-refractivity contribution in [3.8, 4) is 0 Å². The molecule has 2 heterocycles. The highest BCUT2D eigenvalue weighted by Gasteiger charge is 2.25. The van der Waals surface area contributed by atoms with Crippen LogP contribution >= 0.6 is 0 Å². The van der Waals surface area contributed by atoms with Crippen molar-refractivity contribution in [3.63, 3.8) is 0 Å². The summed E-state index contributed by atoms with van der Waals surface area (Å²) in [6, 6.07) is 8.37. The largest absolute Gasteiger partial charge is 0.383 e. The Morgan fingerprint density at radius 1 is 1.22 bits per heavy atom. The molecule has 0 amide bonds. The molecule has 0 aliphatic rings. The van der Waals surface area contributed by atoms with Gasteiger partial charge in [0.25, 0.3) is 0 Å². The van der Waals surface area contributed by atoms with Gasteiger partial charge >= 0.3 is 0 Å². The van der Waals surface area contributed by atoms with Crippen LogP contribution in [-0.4, -0.2) is 26.3 Å². The Morgan fingerprint density at radius 2 is 2.00 bits per heavy atom. The molecule has 6 nitrogen and oxygen atoms in total. The summed E-state index contributed by atoms with van der Waals surface area (Å²) >= 11 is 0. The number of fused-ring (bicyclic) bond motifs is 1. The van der Waals surface area contributed by atoms with E-state index in [9.17, 15) is 0 Å². The number of nitrogens with two attached hydrogens (primary N) is 2. The molecule has 0 aliphatic heterocycles. The second-order valence-electron chi connectivity index (χ2n) is 6.50. The Hall–Kier alpha value is -2.47. The van der Waals surface area contributed by atoms with Crippen molar-refractivity contribution in [2.75, 3.05) is 12.3 Å². The molecule has 3 rings (SSSR count). The summed E-state index contributed by atoms with van der Waals surface area (Å²) in [5, 5.41) is 5.59. The Kier molecular flexibility index (Phi) is 3.77. The maximum Gasteiger partial charge on any atom is 0.164 e. The monoisotopic (exact) mass is 310 g/mol. The number of nitrogen functional groups attached to an aromatic ring is 1. The highest BCUT2D eigenvalue weighted by Crippen LogP contribution is 2.27. The lowest BCUT2D eigenvalue weighted by atomic mass is 10.1. The second kappa shape index (κ2) is 5.62. The second-order valence-corrected chi connectivity index (χ2v) is 6.50. The van der Waals surface area contributed by atoms with Gasteiger partial charge < -0.3 is 11.5 Å². The van der Waals surface area contributed by atoms with Crippen LogP contribution < -0.4 is 11.5 Å². The average molecular weight is 310 g/mol. The van der Waals surface area contributed by atoms with E-state index < -0.39 is 0 Å². The van der Waals surface area contributed by atoms with Crippen molar-refractivity contribution in [2.45, 2.75) is 32.7 Å². The van der Waals surface area contributed by atoms with E-state index in [1.807, 2.05) is 24.6 Å². The first-order valence-corrected chi connectivity index (χ1v) is 7.66.